The Morgan fingerprint density at radius 1 is 1.10 bits per heavy atom. The number of amides is 1. The summed E-state index contributed by atoms with van der Waals surface area (Å²) in [4.78, 5) is 16.7. The Morgan fingerprint density at radius 2 is 1.81 bits per heavy atom. The van der Waals surface area contributed by atoms with Crippen LogP contribution in [-0.4, -0.2) is 30.1 Å². The zero-order valence-corrected chi connectivity index (χ0v) is 21.1. The third kappa shape index (κ3) is 8.86. The van der Waals surface area contributed by atoms with Crippen molar-refractivity contribution < 1.29 is 9.90 Å². The van der Waals surface area contributed by atoms with Gasteiger partial charge in [0.15, 0.2) is 5.96 Å². The lowest BCUT2D eigenvalue weighted by Crippen LogP contribution is -2.44. The number of nitrogens with zero attached hydrogens (tertiary/aromatic N) is 1. The van der Waals surface area contributed by atoms with Gasteiger partial charge in [-0.2, -0.15) is 0 Å². The maximum absolute atomic E-state index is 12.1. The molecule has 2 rings (SSSR count). The zero-order valence-electron chi connectivity index (χ0n) is 18.8. The monoisotopic (exact) mass is 538 g/mol. The highest BCUT2D eigenvalue weighted by Gasteiger charge is 2.22. The molecule has 170 valence electrons. The maximum atomic E-state index is 12.1. The number of guanidine groups is 1. The Kier molecular flexibility index (Phi) is 11.6. The Morgan fingerprint density at radius 3 is 2.45 bits per heavy atom. The normalized spacial score (nSPS) is 14.0. The molecule has 0 saturated heterocycles. The lowest BCUT2D eigenvalue weighted by molar-refractivity contribution is -0.119. The van der Waals surface area contributed by atoms with E-state index in [1.54, 1.807) is 6.92 Å². The molecule has 0 aromatic heterocycles. The van der Waals surface area contributed by atoms with Crippen LogP contribution in [0.5, 0.6) is 0 Å². The van der Waals surface area contributed by atoms with Gasteiger partial charge in [0.05, 0.1) is 13.1 Å². The number of benzene rings is 2. The summed E-state index contributed by atoms with van der Waals surface area (Å²) < 4.78 is 0. The highest BCUT2D eigenvalue weighted by Crippen LogP contribution is 2.19. The van der Waals surface area contributed by atoms with E-state index in [9.17, 15) is 9.90 Å². The molecule has 2 aromatic carbocycles. The van der Waals surface area contributed by atoms with Crippen LogP contribution in [0.1, 0.15) is 45.2 Å². The second-order valence-corrected chi connectivity index (χ2v) is 7.69. The molecule has 0 saturated carbocycles. The standard InChI is InChI=1S/C24H34N4O2.HI/c1-5-18(3)22(29)28-21-14-10-11-19(15-21)16-26-23(25-6-2)27-17-24(4,30)20-12-8-7-9-13-20;/h7-15,18,30H,5-6,16-17H2,1-4H3,(H,28,29)(H2,25,26,27);1H. The number of aliphatic imine (C=N–C) groups is 1. The van der Waals surface area contributed by atoms with Crippen LogP contribution in [0, 0.1) is 5.92 Å². The average molecular weight is 538 g/mol. The molecule has 2 atom stereocenters. The zero-order chi connectivity index (χ0) is 22.0. The number of hydrogen-bond acceptors (Lipinski definition) is 3. The fourth-order valence-corrected chi connectivity index (χ4v) is 2.87. The first-order valence-corrected chi connectivity index (χ1v) is 10.6. The number of carbonyl (C=O) groups is 1. The number of nitrogens with one attached hydrogen (secondary N) is 3. The van der Waals surface area contributed by atoms with Crippen molar-refractivity contribution in [3.8, 4) is 0 Å². The van der Waals surface area contributed by atoms with Gasteiger partial charge in [0, 0.05) is 18.2 Å². The number of carbonyl (C=O) groups excluding carboxylic acids is 1. The molecule has 0 heterocycles. The summed E-state index contributed by atoms with van der Waals surface area (Å²) in [7, 11) is 0. The number of anilines is 1. The molecular weight excluding hydrogens is 503 g/mol. The Labute approximate surface area is 203 Å². The van der Waals surface area contributed by atoms with Crippen LogP contribution < -0.4 is 16.0 Å². The van der Waals surface area contributed by atoms with Gasteiger partial charge in [-0.15, -0.1) is 24.0 Å². The lowest BCUT2D eigenvalue weighted by Gasteiger charge is -2.25. The summed E-state index contributed by atoms with van der Waals surface area (Å²) in [5.41, 5.74) is 1.59. The minimum atomic E-state index is -1.02. The van der Waals surface area contributed by atoms with E-state index < -0.39 is 5.60 Å². The Balaban J connectivity index is 0.00000480. The van der Waals surface area contributed by atoms with Gasteiger partial charge >= 0.3 is 0 Å². The molecule has 0 spiro atoms. The summed E-state index contributed by atoms with van der Waals surface area (Å²) in [6.07, 6.45) is 0.806. The highest BCUT2D eigenvalue weighted by molar-refractivity contribution is 14.0. The van der Waals surface area contributed by atoms with E-state index in [0.717, 1.165) is 23.2 Å². The predicted molar refractivity (Wildman–Crippen MR) is 139 cm³/mol. The molecule has 2 aromatic rings. The van der Waals surface area contributed by atoms with Crippen molar-refractivity contribution in [1.82, 2.24) is 10.6 Å². The topological polar surface area (TPSA) is 85.8 Å². The van der Waals surface area contributed by atoms with Crippen molar-refractivity contribution in [3.63, 3.8) is 0 Å². The molecule has 6 nitrogen and oxygen atoms in total. The maximum Gasteiger partial charge on any atom is 0.227 e. The van der Waals surface area contributed by atoms with Crippen LogP contribution in [-0.2, 0) is 16.9 Å². The smallest absolute Gasteiger partial charge is 0.227 e. The van der Waals surface area contributed by atoms with E-state index in [-0.39, 0.29) is 35.8 Å². The predicted octanol–water partition coefficient (Wildman–Crippen LogP) is 4.25. The molecule has 0 bridgehead atoms. The van der Waals surface area contributed by atoms with Gasteiger partial charge in [-0.1, -0.05) is 56.3 Å². The Bertz CT molecular complexity index is 840. The summed E-state index contributed by atoms with van der Waals surface area (Å²) >= 11 is 0. The van der Waals surface area contributed by atoms with Crippen molar-refractivity contribution >= 4 is 41.5 Å². The van der Waals surface area contributed by atoms with Gasteiger partial charge in [0.2, 0.25) is 5.91 Å². The van der Waals surface area contributed by atoms with Crippen LogP contribution in [0.15, 0.2) is 59.6 Å². The molecule has 0 aliphatic heterocycles. The molecule has 4 N–H and O–H groups in total. The first-order valence-electron chi connectivity index (χ1n) is 10.6. The van der Waals surface area contributed by atoms with Crippen molar-refractivity contribution in [2.24, 2.45) is 10.9 Å². The van der Waals surface area contributed by atoms with Crippen molar-refractivity contribution in [1.29, 1.82) is 0 Å². The number of halogens is 1. The fourth-order valence-electron chi connectivity index (χ4n) is 2.87. The summed E-state index contributed by atoms with van der Waals surface area (Å²) in [5, 5.41) is 20.2. The first kappa shape index (κ1) is 26.9. The van der Waals surface area contributed by atoms with Crippen LogP contribution >= 0.6 is 24.0 Å². The van der Waals surface area contributed by atoms with Crippen molar-refractivity contribution in [3.05, 3.63) is 65.7 Å². The molecular formula is C24H35IN4O2. The van der Waals surface area contributed by atoms with E-state index in [0.29, 0.717) is 25.6 Å². The molecule has 0 radical (unpaired) electrons. The average Bonchev–Trinajstić information content (AvgIpc) is 2.76. The van der Waals surface area contributed by atoms with Gasteiger partial charge in [-0.05, 0) is 43.5 Å². The third-order valence-electron chi connectivity index (χ3n) is 5.01. The van der Waals surface area contributed by atoms with Crippen LogP contribution in [0.2, 0.25) is 0 Å². The third-order valence-corrected chi connectivity index (χ3v) is 5.01. The van der Waals surface area contributed by atoms with Crippen molar-refractivity contribution in [2.75, 3.05) is 18.4 Å². The number of aliphatic hydroxyl groups is 1. The van der Waals surface area contributed by atoms with Gasteiger partial charge in [0.25, 0.3) is 0 Å². The summed E-state index contributed by atoms with van der Waals surface area (Å²) in [6, 6.07) is 17.3. The minimum Gasteiger partial charge on any atom is -0.384 e. The summed E-state index contributed by atoms with van der Waals surface area (Å²) in [6.45, 7) is 9.19. The first-order chi connectivity index (χ1) is 14.4. The van der Waals surface area contributed by atoms with Crippen molar-refractivity contribution in [2.45, 2.75) is 46.3 Å². The molecule has 7 heteroatoms. The van der Waals surface area contributed by atoms with Gasteiger partial charge in [-0.25, -0.2) is 4.99 Å². The second-order valence-electron chi connectivity index (χ2n) is 7.69. The number of hydrogen-bond donors (Lipinski definition) is 4. The van der Waals surface area contributed by atoms with Gasteiger partial charge in [0.1, 0.15) is 5.60 Å². The van der Waals surface area contributed by atoms with Gasteiger partial charge < -0.3 is 21.1 Å². The SMILES string of the molecule is CCNC(=NCc1cccc(NC(=O)C(C)CC)c1)NCC(C)(O)c1ccccc1.I. The van der Waals surface area contributed by atoms with E-state index in [4.69, 9.17) is 0 Å². The largest absolute Gasteiger partial charge is 0.384 e. The lowest BCUT2D eigenvalue weighted by atomic mass is 9.96. The van der Waals surface area contributed by atoms with E-state index in [1.165, 1.54) is 0 Å². The molecule has 1 amide bonds. The van der Waals surface area contributed by atoms with Crippen LogP contribution in [0.4, 0.5) is 5.69 Å². The molecule has 0 aliphatic rings. The minimum absolute atomic E-state index is 0. The van der Waals surface area contributed by atoms with E-state index >= 15 is 0 Å². The van der Waals surface area contributed by atoms with E-state index in [2.05, 4.69) is 20.9 Å². The number of rotatable bonds is 9. The molecule has 0 fully saturated rings. The Hall–Kier alpha value is -2.13. The fraction of sp³-hybridized carbons (Fsp3) is 0.417. The highest BCUT2D eigenvalue weighted by atomic mass is 127. The van der Waals surface area contributed by atoms with Crippen LogP contribution in [0.25, 0.3) is 0 Å². The molecule has 0 aliphatic carbocycles. The summed E-state index contributed by atoms with van der Waals surface area (Å²) in [5.74, 6) is 0.632. The van der Waals surface area contributed by atoms with E-state index in [1.807, 2.05) is 75.4 Å². The molecule has 2 unspecified atom stereocenters. The van der Waals surface area contributed by atoms with Crippen LogP contribution in [0.3, 0.4) is 0 Å². The molecule has 31 heavy (non-hydrogen) atoms. The second kappa shape index (κ2) is 13.3. The van der Waals surface area contributed by atoms with Gasteiger partial charge in [-0.3, -0.25) is 4.79 Å². The quantitative estimate of drug-likeness (QED) is 0.219.